The first kappa shape index (κ1) is 19.2. The predicted molar refractivity (Wildman–Crippen MR) is 94.7 cm³/mol. The lowest BCUT2D eigenvalue weighted by Gasteiger charge is -2.35. The molecule has 0 bridgehead atoms. The zero-order chi connectivity index (χ0) is 18.6. The molecule has 8 heteroatoms. The maximum absolute atomic E-state index is 12.6. The van der Waals surface area contributed by atoms with Crippen LogP contribution in [0.3, 0.4) is 0 Å². The van der Waals surface area contributed by atoms with Crippen LogP contribution < -0.4 is 0 Å². The van der Waals surface area contributed by atoms with Crippen molar-refractivity contribution < 1.29 is 14.5 Å². The second kappa shape index (κ2) is 8.29. The van der Waals surface area contributed by atoms with Crippen molar-refractivity contribution in [3.05, 3.63) is 38.9 Å². The molecule has 0 aliphatic carbocycles. The van der Waals surface area contributed by atoms with Crippen molar-refractivity contribution in [2.75, 3.05) is 26.2 Å². The van der Waals surface area contributed by atoms with Gasteiger partial charge in [0.25, 0.3) is 11.6 Å². The van der Waals surface area contributed by atoms with Crippen LogP contribution in [-0.4, -0.2) is 52.7 Å². The number of benzene rings is 1. The summed E-state index contributed by atoms with van der Waals surface area (Å²) in [6, 6.07) is 4.02. The van der Waals surface area contributed by atoms with Gasteiger partial charge in [0.05, 0.1) is 4.92 Å². The molecular formula is C17H22ClN3O4. The van der Waals surface area contributed by atoms with Crippen LogP contribution in [0.4, 0.5) is 5.69 Å². The second-order valence-corrected chi connectivity index (χ2v) is 6.96. The fourth-order valence-corrected chi connectivity index (χ4v) is 2.90. The van der Waals surface area contributed by atoms with E-state index in [9.17, 15) is 19.7 Å². The van der Waals surface area contributed by atoms with Crippen molar-refractivity contribution in [1.29, 1.82) is 0 Å². The summed E-state index contributed by atoms with van der Waals surface area (Å²) in [6.45, 7) is 5.78. The number of amides is 2. The molecule has 0 spiro atoms. The van der Waals surface area contributed by atoms with Crippen LogP contribution in [-0.2, 0) is 4.79 Å². The van der Waals surface area contributed by atoms with E-state index in [4.69, 9.17) is 11.6 Å². The summed E-state index contributed by atoms with van der Waals surface area (Å²) in [6.07, 6.45) is 1.35. The summed E-state index contributed by atoms with van der Waals surface area (Å²) < 4.78 is 0. The molecule has 1 fully saturated rings. The van der Waals surface area contributed by atoms with Gasteiger partial charge in [-0.3, -0.25) is 19.7 Å². The van der Waals surface area contributed by atoms with Crippen molar-refractivity contribution in [1.82, 2.24) is 9.80 Å². The summed E-state index contributed by atoms with van der Waals surface area (Å²) >= 11 is 5.78. The van der Waals surface area contributed by atoms with Gasteiger partial charge in [0, 0.05) is 43.7 Å². The predicted octanol–water partition coefficient (Wildman–Crippen LogP) is 2.97. The zero-order valence-electron chi connectivity index (χ0n) is 14.4. The molecule has 0 radical (unpaired) electrons. The third kappa shape index (κ3) is 4.92. The molecule has 2 amide bonds. The summed E-state index contributed by atoms with van der Waals surface area (Å²) in [5.74, 6) is 0.160. The molecule has 136 valence electrons. The fraction of sp³-hybridized carbons (Fsp3) is 0.529. The minimum atomic E-state index is -0.606. The minimum absolute atomic E-state index is 0.0222. The van der Waals surface area contributed by atoms with Crippen LogP contribution in [0.2, 0.25) is 5.02 Å². The van der Waals surface area contributed by atoms with Crippen molar-refractivity contribution in [2.45, 2.75) is 26.7 Å². The third-order valence-corrected chi connectivity index (χ3v) is 4.48. The second-order valence-electron chi connectivity index (χ2n) is 6.52. The molecule has 7 nitrogen and oxygen atoms in total. The number of piperazine rings is 1. The van der Waals surface area contributed by atoms with Crippen LogP contribution >= 0.6 is 11.6 Å². The van der Waals surface area contributed by atoms with E-state index in [1.165, 1.54) is 18.2 Å². The maximum atomic E-state index is 12.6. The van der Waals surface area contributed by atoms with Crippen molar-refractivity contribution >= 4 is 29.1 Å². The lowest BCUT2D eigenvalue weighted by molar-refractivity contribution is -0.385. The number of nitro benzene ring substituents is 1. The molecular weight excluding hydrogens is 346 g/mol. The van der Waals surface area contributed by atoms with E-state index >= 15 is 0 Å². The third-order valence-electron chi connectivity index (χ3n) is 4.24. The van der Waals surface area contributed by atoms with Crippen LogP contribution in [0.5, 0.6) is 0 Å². The summed E-state index contributed by atoms with van der Waals surface area (Å²) in [5, 5.41) is 11.4. The largest absolute Gasteiger partial charge is 0.339 e. The molecule has 2 rings (SSSR count). The molecule has 0 N–H and O–H groups in total. The quantitative estimate of drug-likeness (QED) is 0.591. The Morgan fingerprint density at radius 1 is 1.20 bits per heavy atom. The highest BCUT2D eigenvalue weighted by Gasteiger charge is 2.29. The Balaban J connectivity index is 2.00. The molecule has 0 aromatic heterocycles. The minimum Gasteiger partial charge on any atom is -0.339 e. The van der Waals surface area contributed by atoms with E-state index in [-0.39, 0.29) is 22.2 Å². The summed E-state index contributed by atoms with van der Waals surface area (Å²) in [7, 11) is 0. The topological polar surface area (TPSA) is 83.8 Å². The van der Waals surface area contributed by atoms with Gasteiger partial charge in [-0.05, 0) is 24.5 Å². The summed E-state index contributed by atoms with van der Waals surface area (Å²) in [4.78, 5) is 38.6. The molecule has 0 unspecified atom stereocenters. The van der Waals surface area contributed by atoms with E-state index in [0.717, 1.165) is 6.42 Å². The van der Waals surface area contributed by atoms with Gasteiger partial charge in [-0.25, -0.2) is 0 Å². The Labute approximate surface area is 151 Å². The average Bonchev–Trinajstić information content (AvgIpc) is 2.59. The Hall–Kier alpha value is -2.15. The Morgan fingerprint density at radius 3 is 2.36 bits per heavy atom. The van der Waals surface area contributed by atoms with Gasteiger partial charge in [-0.2, -0.15) is 0 Å². The molecule has 1 aromatic rings. The van der Waals surface area contributed by atoms with Gasteiger partial charge in [0.1, 0.15) is 5.56 Å². The number of hydrogen-bond donors (Lipinski definition) is 0. The smallest absolute Gasteiger partial charge is 0.283 e. The SMILES string of the molecule is CC(C)CCC(=O)N1CCN(C(=O)c2ccc(Cl)cc2[N+](=O)[O-])CC1. The van der Waals surface area contributed by atoms with Crippen LogP contribution in [0.25, 0.3) is 0 Å². The molecule has 0 atom stereocenters. The van der Waals surface area contributed by atoms with Gasteiger partial charge in [0.2, 0.25) is 5.91 Å². The van der Waals surface area contributed by atoms with Crippen LogP contribution in [0, 0.1) is 16.0 Å². The highest BCUT2D eigenvalue weighted by molar-refractivity contribution is 6.31. The molecule has 1 saturated heterocycles. The maximum Gasteiger partial charge on any atom is 0.283 e. The molecule has 1 aliphatic rings. The Kier molecular flexibility index (Phi) is 6.36. The normalized spacial score (nSPS) is 14.7. The lowest BCUT2D eigenvalue weighted by Crippen LogP contribution is -2.50. The highest BCUT2D eigenvalue weighted by Crippen LogP contribution is 2.25. The van der Waals surface area contributed by atoms with Crippen molar-refractivity contribution in [2.24, 2.45) is 5.92 Å². The first-order valence-electron chi connectivity index (χ1n) is 8.30. The average molecular weight is 368 g/mol. The molecule has 1 heterocycles. The van der Waals surface area contributed by atoms with Gasteiger partial charge >= 0.3 is 0 Å². The van der Waals surface area contributed by atoms with Gasteiger partial charge in [0.15, 0.2) is 0 Å². The first-order valence-corrected chi connectivity index (χ1v) is 8.68. The number of carbonyl (C=O) groups is 2. The number of nitrogens with zero attached hydrogens (tertiary/aromatic N) is 3. The van der Waals surface area contributed by atoms with Gasteiger partial charge in [-0.15, -0.1) is 0 Å². The molecule has 1 aromatic carbocycles. The fourth-order valence-electron chi connectivity index (χ4n) is 2.74. The Morgan fingerprint density at radius 2 is 1.80 bits per heavy atom. The number of rotatable bonds is 5. The van der Waals surface area contributed by atoms with Crippen molar-refractivity contribution in [3.8, 4) is 0 Å². The first-order chi connectivity index (χ1) is 11.8. The zero-order valence-corrected chi connectivity index (χ0v) is 15.2. The summed E-state index contributed by atoms with van der Waals surface area (Å²) in [5.41, 5.74) is -0.276. The van der Waals surface area contributed by atoms with E-state index < -0.39 is 10.8 Å². The lowest BCUT2D eigenvalue weighted by atomic mass is 10.1. The molecule has 25 heavy (non-hydrogen) atoms. The van der Waals surface area contributed by atoms with Crippen molar-refractivity contribution in [3.63, 3.8) is 0 Å². The highest BCUT2D eigenvalue weighted by atomic mass is 35.5. The van der Waals surface area contributed by atoms with E-state index in [1.54, 1.807) is 9.80 Å². The standard InChI is InChI=1S/C17H22ClN3O4/c1-12(2)3-6-16(22)19-7-9-20(10-8-19)17(23)14-5-4-13(18)11-15(14)21(24)25/h4-5,11-12H,3,6-10H2,1-2H3. The monoisotopic (exact) mass is 367 g/mol. The molecule has 0 saturated carbocycles. The number of halogens is 1. The van der Waals surface area contributed by atoms with Crippen LogP contribution in [0.15, 0.2) is 18.2 Å². The van der Waals surface area contributed by atoms with E-state index in [2.05, 4.69) is 13.8 Å². The van der Waals surface area contributed by atoms with E-state index in [0.29, 0.717) is 38.5 Å². The van der Waals surface area contributed by atoms with Gasteiger partial charge in [-0.1, -0.05) is 25.4 Å². The number of hydrogen-bond acceptors (Lipinski definition) is 4. The Bertz CT molecular complexity index is 670. The molecule has 1 aliphatic heterocycles. The van der Waals surface area contributed by atoms with E-state index in [1.807, 2.05) is 0 Å². The van der Waals surface area contributed by atoms with Crippen LogP contribution in [0.1, 0.15) is 37.0 Å². The number of nitro groups is 1. The van der Waals surface area contributed by atoms with Gasteiger partial charge < -0.3 is 9.80 Å². The number of carbonyl (C=O) groups excluding carboxylic acids is 2.